The maximum atomic E-state index is 12.3. The monoisotopic (exact) mass is 365 g/mol. The summed E-state index contributed by atoms with van der Waals surface area (Å²) in [5.74, 6) is -0.576. The Kier molecular flexibility index (Phi) is 5.57. The number of hydrogen-bond donors (Lipinski definition) is 2. The molecule has 2 heterocycles. The largest absolute Gasteiger partial charge is 0.478 e. The molecular weight excluding hydrogens is 346 g/mol. The number of piperidine rings is 1. The van der Waals surface area contributed by atoms with Crippen molar-refractivity contribution in [1.82, 2.24) is 0 Å². The van der Waals surface area contributed by atoms with E-state index in [1.165, 1.54) is 30.7 Å². The molecule has 1 fully saturated rings. The zero-order valence-corrected chi connectivity index (χ0v) is 14.6. The molecular formula is C20H19N3O4. The lowest BCUT2D eigenvalue weighted by molar-refractivity contribution is -0.112. The van der Waals surface area contributed by atoms with Crippen molar-refractivity contribution in [2.45, 2.75) is 19.3 Å². The lowest BCUT2D eigenvalue weighted by Gasteiger charge is -2.25. The third kappa shape index (κ3) is 4.55. The van der Waals surface area contributed by atoms with Gasteiger partial charge < -0.3 is 19.7 Å². The molecule has 0 atom stereocenters. The number of carbonyl (C=O) groups excluding carboxylic acids is 1. The average Bonchev–Trinajstić information content (AvgIpc) is 3.15. The van der Waals surface area contributed by atoms with Gasteiger partial charge in [0.25, 0.3) is 5.91 Å². The SMILES string of the molecule is N#C/C(=C/c1ccc(N2CCCCC2)o1)C(=O)Nc1cccc(C(=O)O)c1. The van der Waals surface area contributed by atoms with Crippen LogP contribution in [0.25, 0.3) is 6.08 Å². The number of furan rings is 1. The molecule has 138 valence electrons. The fourth-order valence-corrected chi connectivity index (χ4v) is 2.92. The van der Waals surface area contributed by atoms with Crippen molar-refractivity contribution in [2.75, 3.05) is 23.3 Å². The quantitative estimate of drug-likeness (QED) is 0.620. The summed E-state index contributed by atoms with van der Waals surface area (Å²) in [5.41, 5.74) is 0.220. The standard InChI is InChI=1S/C20H19N3O4/c21-13-15(19(24)22-16-6-4-5-14(11-16)20(25)26)12-17-7-8-18(27-17)23-9-2-1-3-10-23/h4-8,11-12H,1-3,9-10H2,(H,22,24)(H,25,26)/b15-12-. The van der Waals surface area contributed by atoms with E-state index in [4.69, 9.17) is 9.52 Å². The number of rotatable bonds is 5. The van der Waals surface area contributed by atoms with Gasteiger partial charge in [-0.1, -0.05) is 6.07 Å². The summed E-state index contributed by atoms with van der Waals surface area (Å²) in [6.07, 6.45) is 4.83. The molecule has 7 nitrogen and oxygen atoms in total. The molecule has 1 aliphatic heterocycles. The number of carboxylic acid groups (broad SMARTS) is 1. The topological polar surface area (TPSA) is 107 Å². The van der Waals surface area contributed by atoms with Crippen LogP contribution in [0, 0.1) is 11.3 Å². The maximum absolute atomic E-state index is 12.3. The van der Waals surface area contributed by atoms with Crippen LogP contribution in [0.5, 0.6) is 0 Å². The molecule has 0 aliphatic carbocycles. The van der Waals surface area contributed by atoms with E-state index in [1.807, 2.05) is 12.1 Å². The van der Waals surface area contributed by atoms with Gasteiger partial charge in [-0.05, 0) is 43.5 Å². The van der Waals surface area contributed by atoms with Crippen LogP contribution in [-0.4, -0.2) is 30.1 Å². The van der Waals surface area contributed by atoms with Gasteiger partial charge in [0.2, 0.25) is 0 Å². The fourth-order valence-electron chi connectivity index (χ4n) is 2.92. The number of amides is 1. The number of nitrogens with zero attached hydrogens (tertiary/aromatic N) is 2. The van der Waals surface area contributed by atoms with Crippen molar-refractivity contribution in [3.63, 3.8) is 0 Å². The summed E-state index contributed by atoms with van der Waals surface area (Å²) in [5, 5.41) is 20.9. The highest BCUT2D eigenvalue weighted by molar-refractivity contribution is 6.09. The van der Waals surface area contributed by atoms with Crippen molar-refractivity contribution in [3.05, 3.63) is 53.3 Å². The molecule has 2 aromatic rings. The van der Waals surface area contributed by atoms with Gasteiger partial charge in [-0.3, -0.25) is 4.79 Å². The van der Waals surface area contributed by atoms with E-state index in [2.05, 4.69) is 10.2 Å². The lowest BCUT2D eigenvalue weighted by atomic mass is 10.1. The number of carbonyl (C=O) groups is 2. The molecule has 1 aromatic carbocycles. The summed E-state index contributed by atoms with van der Waals surface area (Å²) >= 11 is 0. The normalized spacial score (nSPS) is 14.5. The molecule has 0 unspecified atom stereocenters. The molecule has 3 rings (SSSR count). The smallest absolute Gasteiger partial charge is 0.335 e. The van der Waals surface area contributed by atoms with E-state index < -0.39 is 11.9 Å². The van der Waals surface area contributed by atoms with Crippen molar-refractivity contribution in [3.8, 4) is 6.07 Å². The highest BCUT2D eigenvalue weighted by atomic mass is 16.4. The van der Waals surface area contributed by atoms with Crippen LogP contribution in [0.1, 0.15) is 35.4 Å². The Hall–Kier alpha value is -3.53. The molecule has 0 bridgehead atoms. The second-order valence-corrected chi connectivity index (χ2v) is 6.23. The zero-order chi connectivity index (χ0) is 19.2. The number of carboxylic acids is 1. The minimum absolute atomic E-state index is 0.0486. The predicted octanol–water partition coefficient (Wildman–Crippen LogP) is 3.51. The van der Waals surface area contributed by atoms with E-state index in [0.29, 0.717) is 11.4 Å². The van der Waals surface area contributed by atoms with Crippen molar-refractivity contribution >= 4 is 29.5 Å². The fraction of sp³-hybridized carbons (Fsp3) is 0.250. The Morgan fingerprint density at radius 2 is 1.96 bits per heavy atom. The first-order valence-corrected chi connectivity index (χ1v) is 8.68. The summed E-state index contributed by atoms with van der Waals surface area (Å²) < 4.78 is 5.75. The molecule has 1 aromatic heterocycles. The van der Waals surface area contributed by atoms with Gasteiger partial charge in [0.15, 0.2) is 5.88 Å². The summed E-state index contributed by atoms with van der Waals surface area (Å²) in [7, 11) is 0. The number of aromatic carboxylic acids is 1. The summed E-state index contributed by atoms with van der Waals surface area (Å²) in [6.45, 7) is 1.87. The molecule has 27 heavy (non-hydrogen) atoms. The van der Waals surface area contributed by atoms with Crippen LogP contribution in [0.4, 0.5) is 11.6 Å². The highest BCUT2D eigenvalue weighted by Gasteiger charge is 2.16. The van der Waals surface area contributed by atoms with Gasteiger partial charge in [-0.15, -0.1) is 0 Å². The second-order valence-electron chi connectivity index (χ2n) is 6.23. The van der Waals surface area contributed by atoms with Crippen LogP contribution >= 0.6 is 0 Å². The number of benzene rings is 1. The van der Waals surface area contributed by atoms with Crippen LogP contribution in [0.15, 0.2) is 46.4 Å². The van der Waals surface area contributed by atoms with Crippen molar-refractivity contribution in [1.29, 1.82) is 5.26 Å². The van der Waals surface area contributed by atoms with Gasteiger partial charge in [0, 0.05) is 30.9 Å². The highest BCUT2D eigenvalue weighted by Crippen LogP contribution is 2.24. The van der Waals surface area contributed by atoms with E-state index in [0.717, 1.165) is 31.8 Å². The zero-order valence-electron chi connectivity index (χ0n) is 14.6. The Bertz CT molecular complexity index is 917. The molecule has 0 radical (unpaired) electrons. The van der Waals surface area contributed by atoms with Gasteiger partial charge in [0.1, 0.15) is 17.4 Å². The lowest BCUT2D eigenvalue weighted by Crippen LogP contribution is -2.28. The summed E-state index contributed by atoms with van der Waals surface area (Å²) in [4.78, 5) is 25.5. The molecule has 0 spiro atoms. The number of hydrogen-bond acceptors (Lipinski definition) is 5. The van der Waals surface area contributed by atoms with Crippen LogP contribution in [-0.2, 0) is 4.79 Å². The Balaban J connectivity index is 1.73. The van der Waals surface area contributed by atoms with Gasteiger partial charge in [0.05, 0.1) is 5.56 Å². The first kappa shape index (κ1) is 18.3. The second kappa shape index (κ2) is 8.23. The predicted molar refractivity (Wildman–Crippen MR) is 100 cm³/mol. The van der Waals surface area contributed by atoms with Gasteiger partial charge >= 0.3 is 5.97 Å². The molecule has 1 aliphatic rings. The van der Waals surface area contributed by atoms with Crippen LogP contribution < -0.4 is 10.2 Å². The number of nitrogens with one attached hydrogen (secondary N) is 1. The number of nitriles is 1. The molecule has 0 saturated carbocycles. The molecule has 1 amide bonds. The van der Waals surface area contributed by atoms with E-state index in [-0.39, 0.29) is 11.1 Å². The van der Waals surface area contributed by atoms with E-state index >= 15 is 0 Å². The minimum Gasteiger partial charge on any atom is -0.478 e. The average molecular weight is 365 g/mol. The van der Waals surface area contributed by atoms with Crippen LogP contribution in [0.2, 0.25) is 0 Å². The first-order valence-electron chi connectivity index (χ1n) is 8.68. The van der Waals surface area contributed by atoms with Gasteiger partial charge in [-0.2, -0.15) is 5.26 Å². The van der Waals surface area contributed by atoms with Crippen molar-refractivity contribution in [2.24, 2.45) is 0 Å². The summed E-state index contributed by atoms with van der Waals surface area (Å²) in [6, 6.07) is 11.2. The minimum atomic E-state index is -1.09. The Morgan fingerprint density at radius 1 is 1.19 bits per heavy atom. The Labute approximate surface area is 156 Å². The van der Waals surface area contributed by atoms with E-state index in [1.54, 1.807) is 12.1 Å². The third-order valence-electron chi connectivity index (χ3n) is 4.30. The first-order chi connectivity index (χ1) is 13.1. The molecule has 2 N–H and O–H groups in total. The van der Waals surface area contributed by atoms with Crippen molar-refractivity contribution < 1.29 is 19.1 Å². The molecule has 7 heteroatoms. The third-order valence-corrected chi connectivity index (χ3v) is 4.30. The van der Waals surface area contributed by atoms with Gasteiger partial charge in [-0.25, -0.2) is 4.79 Å². The number of anilines is 2. The maximum Gasteiger partial charge on any atom is 0.335 e. The molecule has 1 saturated heterocycles. The van der Waals surface area contributed by atoms with E-state index in [9.17, 15) is 14.9 Å². The Morgan fingerprint density at radius 3 is 2.67 bits per heavy atom. The van der Waals surface area contributed by atoms with Crippen LogP contribution in [0.3, 0.4) is 0 Å².